The summed E-state index contributed by atoms with van der Waals surface area (Å²) >= 11 is 0. The Morgan fingerprint density at radius 2 is 1.19 bits per heavy atom. The minimum absolute atomic E-state index is 0.0671. The highest BCUT2D eigenvalue weighted by molar-refractivity contribution is 5.65. The van der Waals surface area contributed by atoms with Gasteiger partial charge in [0.25, 0.3) is 0 Å². The van der Waals surface area contributed by atoms with Crippen LogP contribution in [0.2, 0.25) is 0 Å². The molecule has 4 rings (SSSR count). The number of aliphatic hydroxyl groups is 2. The maximum atomic E-state index is 12.6. The van der Waals surface area contributed by atoms with E-state index >= 15 is 0 Å². The third kappa shape index (κ3) is 9.91. The second-order valence-electron chi connectivity index (χ2n) is 13.4. The van der Waals surface area contributed by atoms with Gasteiger partial charge in [-0.3, -0.25) is 4.39 Å². The molecule has 0 bridgehead atoms. The molecular weight excluding hydrogens is 519 g/mol. The van der Waals surface area contributed by atoms with Crippen molar-refractivity contribution in [1.29, 1.82) is 0 Å². The molecule has 2 aliphatic rings. The Labute approximate surface area is 255 Å². The van der Waals surface area contributed by atoms with Crippen LogP contribution in [0.5, 0.6) is 0 Å². The molecule has 0 radical (unpaired) electrons. The summed E-state index contributed by atoms with van der Waals surface area (Å²) in [6.45, 7) is 7.88. The van der Waals surface area contributed by atoms with Crippen LogP contribution in [0.4, 0.5) is 4.39 Å². The van der Waals surface area contributed by atoms with E-state index in [0.29, 0.717) is 5.92 Å². The quantitative estimate of drug-likeness (QED) is 0.196. The summed E-state index contributed by atoms with van der Waals surface area (Å²) in [6.07, 6.45) is 18.2. The monoisotopic (exact) mass is 574 g/mol. The number of halogens is 1. The summed E-state index contributed by atoms with van der Waals surface area (Å²) in [4.78, 5) is 0. The highest BCUT2D eigenvalue weighted by Gasteiger charge is 2.31. The molecule has 0 atom stereocenters. The maximum Gasteiger partial charge on any atom is 0.0894 e. The van der Waals surface area contributed by atoms with Crippen molar-refractivity contribution in [2.24, 2.45) is 17.8 Å². The Morgan fingerprint density at radius 3 is 1.69 bits per heavy atom. The number of hydrogen-bond acceptors (Lipinski definition) is 2. The van der Waals surface area contributed by atoms with Gasteiger partial charge in [-0.1, -0.05) is 79.6 Å². The van der Waals surface area contributed by atoms with Crippen molar-refractivity contribution in [1.82, 2.24) is 0 Å². The Hall–Kier alpha value is -2.23. The lowest BCUT2D eigenvalue weighted by molar-refractivity contribution is 0.155. The van der Waals surface area contributed by atoms with Gasteiger partial charge in [-0.25, -0.2) is 0 Å². The molecule has 0 heterocycles. The molecule has 2 aromatic rings. The molecule has 3 heteroatoms. The van der Waals surface area contributed by atoms with Gasteiger partial charge in [0.05, 0.1) is 19.9 Å². The van der Waals surface area contributed by atoms with E-state index in [1.54, 1.807) is 0 Å². The van der Waals surface area contributed by atoms with Crippen molar-refractivity contribution in [2.45, 2.75) is 109 Å². The molecule has 2 nitrogen and oxygen atoms in total. The first-order chi connectivity index (χ1) is 20.5. The minimum atomic E-state index is -0.149. The molecule has 0 aliphatic heterocycles. The van der Waals surface area contributed by atoms with E-state index in [0.717, 1.165) is 80.3 Å². The van der Waals surface area contributed by atoms with Crippen LogP contribution < -0.4 is 0 Å². The Morgan fingerprint density at radius 1 is 0.667 bits per heavy atom. The summed E-state index contributed by atoms with van der Waals surface area (Å²) in [7, 11) is 0. The van der Waals surface area contributed by atoms with E-state index < -0.39 is 0 Å². The van der Waals surface area contributed by atoms with Gasteiger partial charge in [-0.15, -0.1) is 0 Å². The van der Waals surface area contributed by atoms with Crippen LogP contribution in [-0.2, 0) is 12.8 Å². The van der Waals surface area contributed by atoms with Crippen LogP contribution in [0.1, 0.15) is 112 Å². The van der Waals surface area contributed by atoms with E-state index in [1.807, 2.05) is 0 Å². The predicted molar refractivity (Wildman–Crippen MR) is 176 cm³/mol. The topological polar surface area (TPSA) is 40.5 Å². The molecule has 2 N–H and O–H groups in total. The lowest BCUT2D eigenvalue weighted by Gasteiger charge is -2.38. The molecule has 2 saturated carbocycles. The molecule has 2 fully saturated rings. The third-order valence-corrected chi connectivity index (χ3v) is 10.3. The number of alkyl halides is 1. The Kier molecular flexibility index (Phi) is 13.4. The van der Waals surface area contributed by atoms with Crippen LogP contribution in [0.25, 0.3) is 11.1 Å². The normalized spacial score (nSPS) is 22.6. The molecule has 0 unspecified atom stereocenters. The van der Waals surface area contributed by atoms with E-state index in [4.69, 9.17) is 0 Å². The zero-order chi connectivity index (χ0) is 29.7. The minimum Gasteiger partial charge on any atom is -0.392 e. The van der Waals surface area contributed by atoms with Gasteiger partial charge in [-0.05, 0) is 141 Å². The SMILES string of the molecule is C=C(CO)CCCc1cc(CCCC(=C)CO)cc(-c2ccc(C3CCC(C4CCC(CCCF)CC4)CC3)cc2)c1. The Balaban J connectivity index is 1.35. The number of aliphatic hydroxyl groups excluding tert-OH is 2. The summed E-state index contributed by atoms with van der Waals surface area (Å²) in [5.74, 6) is 3.26. The molecule has 0 aromatic heterocycles. The first-order valence-corrected chi connectivity index (χ1v) is 16.8. The fourth-order valence-electron chi connectivity index (χ4n) is 7.65. The predicted octanol–water partition coefficient (Wildman–Crippen LogP) is 9.93. The highest BCUT2D eigenvalue weighted by atomic mass is 19.1. The van der Waals surface area contributed by atoms with Crippen LogP contribution in [-0.4, -0.2) is 30.1 Å². The second kappa shape index (κ2) is 17.2. The summed E-state index contributed by atoms with van der Waals surface area (Å²) < 4.78 is 12.6. The fraction of sp³-hybridized carbons (Fsp3) is 0.590. The lowest BCUT2D eigenvalue weighted by Crippen LogP contribution is -2.25. The van der Waals surface area contributed by atoms with Crippen LogP contribution in [0, 0.1) is 17.8 Å². The van der Waals surface area contributed by atoms with E-state index in [2.05, 4.69) is 55.6 Å². The molecule has 0 amide bonds. The van der Waals surface area contributed by atoms with Gasteiger partial charge in [-0.2, -0.15) is 0 Å². The maximum absolute atomic E-state index is 12.6. The first-order valence-electron chi connectivity index (χ1n) is 16.8. The van der Waals surface area contributed by atoms with Crippen LogP contribution in [0.3, 0.4) is 0 Å². The van der Waals surface area contributed by atoms with Gasteiger partial charge in [0.2, 0.25) is 0 Å². The van der Waals surface area contributed by atoms with Gasteiger partial charge < -0.3 is 10.2 Å². The van der Waals surface area contributed by atoms with Crippen molar-refractivity contribution < 1.29 is 14.6 Å². The second-order valence-corrected chi connectivity index (χ2v) is 13.4. The number of benzene rings is 2. The lowest BCUT2D eigenvalue weighted by atomic mass is 9.68. The molecule has 0 saturated heterocycles. The summed E-state index contributed by atoms with van der Waals surface area (Å²) in [6, 6.07) is 16.4. The summed E-state index contributed by atoms with van der Waals surface area (Å²) in [5.41, 5.74) is 8.53. The molecule has 42 heavy (non-hydrogen) atoms. The van der Waals surface area contributed by atoms with Crippen molar-refractivity contribution in [2.75, 3.05) is 19.9 Å². The number of rotatable bonds is 16. The molecule has 2 aliphatic carbocycles. The van der Waals surface area contributed by atoms with Gasteiger partial charge >= 0.3 is 0 Å². The van der Waals surface area contributed by atoms with E-state index in [1.165, 1.54) is 79.2 Å². The molecule has 2 aromatic carbocycles. The van der Waals surface area contributed by atoms with Crippen LogP contribution >= 0.6 is 0 Å². The van der Waals surface area contributed by atoms with Crippen molar-refractivity contribution in [3.8, 4) is 11.1 Å². The number of hydrogen-bond donors (Lipinski definition) is 2. The Bertz CT molecular complexity index is 1060. The largest absolute Gasteiger partial charge is 0.392 e. The smallest absolute Gasteiger partial charge is 0.0894 e. The van der Waals surface area contributed by atoms with Gasteiger partial charge in [0, 0.05) is 0 Å². The number of aryl methyl sites for hydroxylation is 2. The highest BCUT2D eigenvalue weighted by Crippen LogP contribution is 2.44. The van der Waals surface area contributed by atoms with Gasteiger partial charge in [0.15, 0.2) is 0 Å². The molecule has 230 valence electrons. The van der Waals surface area contributed by atoms with Crippen LogP contribution in [0.15, 0.2) is 66.8 Å². The summed E-state index contributed by atoms with van der Waals surface area (Å²) in [5, 5.41) is 18.6. The van der Waals surface area contributed by atoms with Crippen molar-refractivity contribution >= 4 is 0 Å². The fourth-order valence-corrected chi connectivity index (χ4v) is 7.65. The zero-order valence-electron chi connectivity index (χ0n) is 26.0. The third-order valence-electron chi connectivity index (χ3n) is 10.3. The van der Waals surface area contributed by atoms with Gasteiger partial charge in [0.1, 0.15) is 0 Å². The zero-order valence-corrected chi connectivity index (χ0v) is 26.0. The first kappa shape index (κ1) is 32.7. The average Bonchev–Trinajstić information content (AvgIpc) is 3.04. The standard InChI is InChI=1S/C39H55FO2/c1-29(27-41)6-3-8-32-24-33(9-4-7-30(2)28-42)26-39(25-32)38-21-19-37(20-22-38)36-17-15-35(16-18-36)34-13-11-31(12-14-34)10-5-23-40/h19-22,24-26,31,34-36,41-42H,1-18,23,27-28H2. The van der Waals surface area contributed by atoms with E-state index in [-0.39, 0.29) is 19.9 Å². The molecule has 0 spiro atoms. The van der Waals surface area contributed by atoms with Crippen molar-refractivity contribution in [3.05, 3.63) is 83.5 Å². The van der Waals surface area contributed by atoms with E-state index in [9.17, 15) is 14.6 Å². The van der Waals surface area contributed by atoms with Crippen molar-refractivity contribution in [3.63, 3.8) is 0 Å². The average molecular weight is 575 g/mol. The molecular formula is C39H55FO2.